The van der Waals surface area contributed by atoms with Crippen LogP contribution in [0.25, 0.3) is 0 Å². The highest BCUT2D eigenvalue weighted by Crippen LogP contribution is 2.49. The average molecular weight is 262 g/mol. The van der Waals surface area contributed by atoms with Crippen LogP contribution in [0, 0.1) is 17.8 Å². The number of methoxy groups -OCH3 is 1. The Morgan fingerprint density at radius 2 is 2.05 bits per heavy atom. The quantitative estimate of drug-likeness (QED) is 0.414. The minimum absolute atomic E-state index is 0.0434. The van der Waals surface area contributed by atoms with Gasteiger partial charge >= 0.3 is 5.97 Å². The summed E-state index contributed by atoms with van der Waals surface area (Å²) in [6, 6.07) is 0. The van der Waals surface area contributed by atoms with Gasteiger partial charge in [-0.2, -0.15) is 0 Å². The second-order valence-corrected chi connectivity index (χ2v) is 6.27. The Kier molecular flexibility index (Phi) is 3.05. The van der Waals surface area contributed by atoms with Crippen molar-refractivity contribution < 1.29 is 14.3 Å². The van der Waals surface area contributed by atoms with E-state index in [9.17, 15) is 4.79 Å². The normalized spacial score (nSPS) is 41.9. The highest BCUT2D eigenvalue weighted by molar-refractivity contribution is 5.90. The van der Waals surface area contributed by atoms with Crippen molar-refractivity contribution in [3.05, 3.63) is 23.3 Å². The summed E-state index contributed by atoms with van der Waals surface area (Å²) in [5.41, 5.74) is 3.53. The molecular formula is C16H22O3. The lowest BCUT2D eigenvalue weighted by molar-refractivity contribution is -0.139. The van der Waals surface area contributed by atoms with Gasteiger partial charge in [0.1, 0.15) is 6.10 Å². The molecule has 3 rings (SSSR count). The van der Waals surface area contributed by atoms with Gasteiger partial charge in [0.2, 0.25) is 0 Å². The molecule has 5 atom stereocenters. The highest BCUT2D eigenvalue weighted by Gasteiger charge is 2.46. The molecule has 3 heteroatoms. The molecule has 0 spiro atoms. The number of fused-ring (bicyclic) bond motifs is 2. The third-order valence-electron chi connectivity index (χ3n) is 5.34. The summed E-state index contributed by atoms with van der Waals surface area (Å²) < 4.78 is 11.1. The lowest BCUT2D eigenvalue weighted by atomic mass is 9.86. The van der Waals surface area contributed by atoms with E-state index in [4.69, 9.17) is 9.47 Å². The van der Waals surface area contributed by atoms with Gasteiger partial charge in [0.15, 0.2) is 0 Å². The summed E-state index contributed by atoms with van der Waals surface area (Å²) >= 11 is 0. The third-order valence-corrected chi connectivity index (χ3v) is 5.34. The SMILES string of the molecule is C=C1C(=O)OC2CC(C)C3CC(OC)C(C)=C3CC12. The molecule has 3 aliphatic rings. The van der Waals surface area contributed by atoms with Gasteiger partial charge in [-0.15, -0.1) is 0 Å². The van der Waals surface area contributed by atoms with Crippen molar-refractivity contribution in [3.8, 4) is 0 Å². The number of carbonyl (C=O) groups excluding carboxylic acids is 1. The molecule has 0 aromatic rings. The van der Waals surface area contributed by atoms with E-state index in [0.717, 1.165) is 19.3 Å². The van der Waals surface area contributed by atoms with Crippen molar-refractivity contribution in [3.63, 3.8) is 0 Å². The number of ether oxygens (including phenoxy) is 2. The van der Waals surface area contributed by atoms with Gasteiger partial charge in [0.25, 0.3) is 0 Å². The van der Waals surface area contributed by atoms with Crippen molar-refractivity contribution in [1.82, 2.24) is 0 Å². The largest absolute Gasteiger partial charge is 0.458 e. The maximum atomic E-state index is 11.7. The fraction of sp³-hybridized carbons (Fsp3) is 0.688. The van der Waals surface area contributed by atoms with Crippen LogP contribution in [0.1, 0.15) is 33.1 Å². The molecule has 104 valence electrons. The van der Waals surface area contributed by atoms with Crippen LogP contribution in [0.15, 0.2) is 23.3 Å². The van der Waals surface area contributed by atoms with Gasteiger partial charge in [0, 0.05) is 18.6 Å². The standard InChI is InChI=1S/C16H22O3/c1-8-5-15-13(10(3)16(17)19-15)6-12-9(2)14(18-4)7-11(8)12/h8,11,13-15H,3,5-7H2,1-2,4H3. The van der Waals surface area contributed by atoms with E-state index in [1.807, 2.05) is 0 Å². The van der Waals surface area contributed by atoms with Crippen LogP contribution in [-0.2, 0) is 14.3 Å². The second kappa shape index (κ2) is 4.48. The van der Waals surface area contributed by atoms with Crippen LogP contribution < -0.4 is 0 Å². The molecule has 0 aromatic carbocycles. The van der Waals surface area contributed by atoms with Crippen molar-refractivity contribution in [2.45, 2.75) is 45.3 Å². The van der Waals surface area contributed by atoms with E-state index in [0.29, 0.717) is 17.4 Å². The molecule has 0 N–H and O–H groups in total. The van der Waals surface area contributed by atoms with Crippen LogP contribution >= 0.6 is 0 Å². The summed E-state index contributed by atoms with van der Waals surface area (Å²) in [5.74, 6) is 1.11. The number of rotatable bonds is 1. The van der Waals surface area contributed by atoms with Crippen LogP contribution in [0.3, 0.4) is 0 Å². The van der Waals surface area contributed by atoms with Crippen molar-refractivity contribution in [1.29, 1.82) is 0 Å². The van der Waals surface area contributed by atoms with Crippen LogP contribution in [0.5, 0.6) is 0 Å². The van der Waals surface area contributed by atoms with Gasteiger partial charge in [-0.05, 0) is 43.6 Å². The van der Waals surface area contributed by atoms with Gasteiger partial charge < -0.3 is 9.47 Å². The van der Waals surface area contributed by atoms with Crippen LogP contribution in [0.2, 0.25) is 0 Å². The molecule has 2 aliphatic carbocycles. The number of hydrogen-bond donors (Lipinski definition) is 0. The monoisotopic (exact) mass is 262 g/mol. The smallest absolute Gasteiger partial charge is 0.334 e. The first-order valence-corrected chi connectivity index (χ1v) is 7.15. The molecule has 2 fully saturated rings. The van der Waals surface area contributed by atoms with Crippen LogP contribution in [-0.4, -0.2) is 25.3 Å². The summed E-state index contributed by atoms with van der Waals surface area (Å²) in [5, 5.41) is 0. The molecule has 1 saturated carbocycles. The minimum atomic E-state index is -0.194. The number of esters is 1. The highest BCUT2D eigenvalue weighted by atomic mass is 16.6. The Balaban J connectivity index is 1.95. The Morgan fingerprint density at radius 3 is 2.74 bits per heavy atom. The molecule has 1 aliphatic heterocycles. The Morgan fingerprint density at radius 1 is 1.32 bits per heavy atom. The first-order chi connectivity index (χ1) is 9.02. The van der Waals surface area contributed by atoms with Crippen molar-refractivity contribution in [2.75, 3.05) is 7.11 Å². The van der Waals surface area contributed by atoms with E-state index < -0.39 is 0 Å². The van der Waals surface area contributed by atoms with E-state index in [-0.39, 0.29) is 24.1 Å². The molecule has 1 saturated heterocycles. The lowest BCUT2D eigenvalue weighted by Gasteiger charge is -2.21. The zero-order valence-electron chi connectivity index (χ0n) is 11.9. The number of allylic oxidation sites excluding steroid dienone is 1. The van der Waals surface area contributed by atoms with Gasteiger partial charge in [-0.25, -0.2) is 4.79 Å². The third kappa shape index (κ3) is 1.86. The predicted molar refractivity (Wildman–Crippen MR) is 72.5 cm³/mol. The topological polar surface area (TPSA) is 35.5 Å². The summed E-state index contributed by atoms with van der Waals surface area (Å²) in [6.07, 6.45) is 3.26. The number of hydrogen-bond acceptors (Lipinski definition) is 3. The Hall–Kier alpha value is -1.09. The predicted octanol–water partition coefficient (Wildman–Crippen LogP) is 2.87. The fourth-order valence-electron chi connectivity index (χ4n) is 4.12. The molecule has 0 bridgehead atoms. The minimum Gasteiger partial charge on any atom is -0.458 e. The zero-order valence-corrected chi connectivity index (χ0v) is 11.9. The molecular weight excluding hydrogens is 240 g/mol. The maximum absolute atomic E-state index is 11.7. The molecule has 0 radical (unpaired) electrons. The van der Waals surface area contributed by atoms with E-state index >= 15 is 0 Å². The number of carbonyl (C=O) groups is 1. The molecule has 3 nitrogen and oxygen atoms in total. The van der Waals surface area contributed by atoms with E-state index in [1.54, 1.807) is 7.11 Å². The molecule has 19 heavy (non-hydrogen) atoms. The lowest BCUT2D eigenvalue weighted by Crippen LogP contribution is -2.20. The Bertz CT molecular complexity index is 463. The van der Waals surface area contributed by atoms with E-state index in [2.05, 4.69) is 20.4 Å². The first-order valence-electron chi connectivity index (χ1n) is 7.15. The van der Waals surface area contributed by atoms with Gasteiger partial charge in [-0.3, -0.25) is 0 Å². The zero-order chi connectivity index (χ0) is 13.7. The van der Waals surface area contributed by atoms with E-state index in [1.165, 1.54) is 11.1 Å². The maximum Gasteiger partial charge on any atom is 0.334 e. The molecule has 5 unspecified atom stereocenters. The molecule has 1 heterocycles. The fourth-order valence-corrected chi connectivity index (χ4v) is 4.12. The van der Waals surface area contributed by atoms with Gasteiger partial charge in [0.05, 0.1) is 6.10 Å². The Labute approximate surface area is 114 Å². The van der Waals surface area contributed by atoms with Crippen LogP contribution in [0.4, 0.5) is 0 Å². The summed E-state index contributed by atoms with van der Waals surface area (Å²) in [7, 11) is 1.79. The summed E-state index contributed by atoms with van der Waals surface area (Å²) in [4.78, 5) is 11.7. The van der Waals surface area contributed by atoms with Crippen molar-refractivity contribution in [2.24, 2.45) is 17.8 Å². The van der Waals surface area contributed by atoms with Gasteiger partial charge in [-0.1, -0.05) is 19.1 Å². The average Bonchev–Trinajstić information content (AvgIpc) is 2.77. The second-order valence-electron chi connectivity index (χ2n) is 6.27. The summed E-state index contributed by atoms with van der Waals surface area (Å²) in [6.45, 7) is 8.38. The molecule has 0 amide bonds. The first kappa shape index (κ1) is 12.9. The molecule has 0 aromatic heterocycles. The van der Waals surface area contributed by atoms with Crippen molar-refractivity contribution >= 4 is 5.97 Å².